The fourth-order valence-corrected chi connectivity index (χ4v) is 9.51. The molecule has 0 N–H and O–H groups in total. The SMILES string of the molecule is COc1ccc(COCC23c4ccccc4C(c4ccccc42)C2(COCc4ccc(OC)cc4)c4ccccc4C3c3ccccc32)cc1. The fraction of sp³-hybridized carbons (Fsp3) is 0.217. The standard InChI is InChI=1S/C46H40O4/c1-47-33-23-19-31(20-24-33)27-49-29-45-39-15-7-3-11-35(39)44(36-12-4-8-16-40(36)45)46(30-50-28-32-21-25-34(48-2)26-22-32)41-17-9-5-13-37(41)43(45)38-14-6-10-18-42(38)46/h3-26,43-44H,27-30H2,1-2H3. The molecule has 4 bridgehead atoms. The molecule has 4 nitrogen and oxygen atoms in total. The van der Waals surface area contributed by atoms with Crippen LogP contribution in [0.4, 0.5) is 0 Å². The molecule has 0 amide bonds. The maximum absolute atomic E-state index is 6.92. The predicted octanol–water partition coefficient (Wildman–Crippen LogP) is 9.31. The van der Waals surface area contributed by atoms with Crippen LogP contribution in [0.25, 0.3) is 0 Å². The Bertz CT molecular complexity index is 1920. The van der Waals surface area contributed by atoms with Crippen LogP contribution < -0.4 is 9.47 Å². The first-order valence-corrected chi connectivity index (χ1v) is 17.5. The van der Waals surface area contributed by atoms with E-state index in [-0.39, 0.29) is 11.8 Å². The van der Waals surface area contributed by atoms with Crippen molar-refractivity contribution in [3.8, 4) is 11.5 Å². The van der Waals surface area contributed by atoms with Crippen LogP contribution in [-0.4, -0.2) is 27.4 Å². The van der Waals surface area contributed by atoms with E-state index in [0.717, 1.165) is 22.6 Å². The van der Waals surface area contributed by atoms with Crippen LogP contribution in [0.15, 0.2) is 146 Å². The van der Waals surface area contributed by atoms with Crippen LogP contribution in [-0.2, 0) is 33.5 Å². The highest BCUT2D eigenvalue weighted by Crippen LogP contribution is 2.68. The first-order valence-electron chi connectivity index (χ1n) is 17.5. The minimum Gasteiger partial charge on any atom is -0.497 e. The van der Waals surface area contributed by atoms with E-state index in [1.165, 1.54) is 44.5 Å². The summed E-state index contributed by atoms with van der Waals surface area (Å²) in [6, 6.07) is 53.0. The van der Waals surface area contributed by atoms with E-state index in [1.54, 1.807) is 14.2 Å². The van der Waals surface area contributed by atoms with Crippen molar-refractivity contribution in [1.29, 1.82) is 0 Å². The van der Waals surface area contributed by atoms with Gasteiger partial charge in [0, 0.05) is 11.8 Å². The van der Waals surface area contributed by atoms with Gasteiger partial charge in [-0.2, -0.15) is 0 Å². The summed E-state index contributed by atoms with van der Waals surface area (Å²) in [7, 11) is 3.40. The van der Waals surface area contributed by atoms with Gasteiger partial charge in [-0.3, -0.25) is 0 Å². The van der Waals surface area contributed by atoms with Crippen LogP contribution in [0.5, 0.6) is 11.5 Å². The molecule has 248 valence electrons. The Labute approximate surface area is 294 Å². The van der Waals surface area contributed by atoms with Gasteiger partial charge in [0.15, 0.2) is 0 Å². The average molecular weight is 657 g/mol. The second kappa shape index (κ2) is 12.3. The molecule has 4 heteroatoms. The van der Waals surface area contributed by atoms with Gasteiger partial charge in [0.2, 0.25) is 0 Å². The molecule has 0 aromatic heterocycles. The zero-order valence-corrected chi connectivity index (χ0v) is 28.5. The van der Waals surface area contributed by atoms with Gasteiger partial charge in [-0.25, -0.2) is 0 Å². The van der Waals surface area contributed by atoms with E-state index >= 15 is 0 Å². The van der Waals surface area contributed by atoms with Crippen molar-refractivity contribution < 1.29 is 18.9 Å². The summed E-state index contributed by atoms with van der Waals surface area (Å²) >= 11 is 0. The monoisotopic (exact) mass is 656 g/mol. The highest BCUT2D eigenvalue weighted by Gasteiger charge is 2.62. The highest BCUT2D eigenvalue weighted by atomic mass is 16.5. The summed E-state index contributed by atoms with van der Waals surface area (Å²) in [5.41, 5.74) is 12.2. The van der Waals surface area contributed by atoms with E-state index in [1.807, 2.05) is 24.3 Å². The van der Waals surface area contributed by atoms with Crippen molar-refractivity contribution >= 4 is 0 Å². The maximum Gasteiger partial charge on any atom is 0.118 e. The molecular weight excluding hydrogens is 617 g/mol. The third-order valence-electron chi connectivity index (χ3n) is 11.5. The Hall–Kier alpha value is -5.16. The lowest BCUT2D eigenvalue weighted by Gasteiger charge is -2.60. The number of ether oxygens (including phenoxy) is 4. The smallest absolute Gasteiger partial charge is 0.118 e. The Morgan fingerprint density at radius 2 is 0.700 bits per heavy atom. The molecule has 6 aromatic rings. The van der Waals surface area contributed by atoms with Gasteiger partial charge in [-0.1, -0.05) is 121 Å². The van der Waals surface area contributed by atoms with E-state index in [4.69, 9.17) is 18.9 Å². The second-order valence-electron chi connectivity index (χ2n) is 13.8. The number of hydrogen-bond acceptors (Lipinski definition) is 4. The van der Waals surface area contributed by atoms with Crippen LogP contribution >= 0.6 is 0 Å². The predicted molar refractivity (Wildman–Crippen MR) is 196 cm³/mol. The van der Waals surface area contributed by atoms with Gasteiger partial charge in [0.05, 0.1) is 51.5 Å². The first kappa shape index (κ1) is 30.9. The summed E-state index contributed by atoms with van der Waals surface area (Å²) in [6.07, 6.45) is 0. The topological polar surface area (TPSA) is 36.9 Å². The minimum atomic E-state index is -0.459. The molecule has 0 spiro atoms. The van der Waals surface area contributed by atoms with E-state index < -0.39 is 10.8 Å². The molecule has 0 heterocycles. The average Bonchev–Trinajstić information content (AvgIpc) is 3.17. The first-order chi connectivity index (χ1) is 24.7. The molecule has 0 atom stereocenters. The zero-order valence-electron chi connectivity index (χ0n) is 28.5. The van der Waals surface area contributed by atoms with Crippen LogP contribution in [0.2, 0.25) is 0 Å². The van der Waals surface area contributed by atoms with E-state index in [2.05, 4.69) is 121 Å². The summed E-state index contributed by atoms with van der Waals surface area (Å²) in [4.78, 5) is 0. The van der Waals surface area contributed by atoms with Gasteiger partial charge in [0.1, 0.15) is 11.5 Å². The zero-order chi connectivity index (χ0) is 33.7. The second-order valence-corrected chi connectivity index (χ2v) is 13.8. The van der Waals surface area contributed by atoms with Gasteiger partial charge < -0.3 is 18.9 Å². The molecule has 0 aliphatic heterocycles. The quantitative estimate of drug-likeness (QED) is 0.147. The lowest BCUT2D eigenvalue weighted by Crippen LogP contribution is -2.56. The van der Waals surface area contributed by atoms with Crippen molar-refractivity contribution in [3.63, 3.8) is 0 Å². The van der Waals surface area contributed by atoms with E-state index in [9.17, 15) is 0 Å². The molecule has 0 saturated carbocycles. The Morgan fingerprint density at radius 3 is 1.00 bits per heavy atom. The molecule has 0 radical (unpaired) electrons. The van der Waals surface area contributed by atoms with Crippen LogP contribution in [0.3, 0.4) is 0 Å². The summed E-state index contributed by atoms with van der Waals surface area (Å²) < 4.78 is 24.7. The van der Waals surface area contributed by atoms with Crippen LogP contribution in [0.1, 0.15) is 67.5 Å². The third kappa shape index (κ3) is 4.52. The molecule has 12 rings (SSSR count). The van der Waals surface area contributed by atoms with Crippen molar-refractivity contribution in [2.45, 2.75) is 35.9 Å². The molecule has 50 heavy (non-hydrogen) atoms. The molecule has 6 aromatic carbocycles. The fourth-order valence-electron chi connectivity index (χ4n) is 9.51. The third-order valence-corrected chi connectivity index (χ3v) is 11.5. The summed E-state index contributed by atoms with van der Waals surface area (Å²) in [5, 5.41) is 0. The highest BCUT2D eigenvalue weighted by molar-refractivity contribution is 5.73. The summed E-state index contributed by atoms with van der Waals surface area (Å²) in [5.74, 6) is 1.76. The Morgan fingerprint density at radius 1 is 0.400 bits per heavy atom. The molecule has 0 saturated heterocycles. The largest absolute Gasteiger partial charge is 0.497 e. The Balaban J connectivity index is 1.24. The van der Waals surface area contributed by atoms with Crippen molar-refractivity contribution in [1.82, 2.24) is 0 Å². The molecule has 6 aliphatic carbocycles. The lowest BCUT2D eigenvalue weighted by atomic mass is 9.43. The van der Waals surface area contributed by atoms with Crippen molar-refractivity contribution in [2.75, 3.05) is 27.4 Å². The van der Waals surface area contributed by atoms with E-state index in [0.29, 0.717) is 26.4 Å². The van der Waals surface area contributed by atoms with Gasteiger partial charge >= 0.3 is 0 Å². The summed E-state index contributed by atoms with van der Waals surface area (Å²) in [6.45, 7) is 2.10. The lowest BCUT2D eigenvalue weighted by molar-refractivity contribution is 0.0573. The van der Waals surface area contributed by atoms with Gasteiger partial charge in [-0.15, -0.1) is 0 Å². The molecule has 6 aliphatic rings. The normalized spacial score (nSPS) is 22.0. The van der Waals surface area contributed by atoms with Gasteiger partial charge in [0.25, 0.3) is 0 Å². The minimum absolute atomic E-state index is 0.0315. The maximum atomic E-state index is 6.92. The molecular formula is C46H40O4. The molecule has 0 fully saturated rings. The van der Waals surface area contributed by atoms with Gasteiger partial charge in [-0.05, 0) is 79.9 Å². The molecule has 0 unspecified atom stereocenters. The van der Waals surface area contributed by atoms with Crippen LogP contribution in [0, 0.1) is 0 Å². The number of benzene rings is 6. The van der Waals surface area contributed by atoms with Crippen molar-refractivity contribution in [3.05, 3.63) is 201 Å². The van der Waals surface area contributed by atoms with Crippen molar-refractivity contribution in [2.24, 2.45) is 0 Å². The number of rotatable bonds is 10. The number of hydrogen-bond donors (Lipinski definition) is 0. The Kier molecular flexibility index (Phi) is 7.60. The number of methoxy groups -OCH3 is 2.